The minimum absolute atomic E-state index is 0.290. The molecule has 3 unspecified atom stereocenters. The number of carbonyl (C=O) groups excluding carboxylic acids is 1. The third-order valence-corrected chi connectivity index (χ3v) is 5.38. The summed E-state index contributed by atoms with van der Waals surface area (Å²) < 4.78 is 0. The quantitative estimate of drug-likeness (QED) is 0.812. The third kappa shape index (κ3) is 3.97. The fraction of sp³-hybridized carbons (Fsp3) is 0.941. The second-order valence-corrected chi connectivity index (χ2v) is 6.78. The predicted octanol–water partition coefficient (Wildman–Crippen LogP) is 3.18. The highest BCUT2D eigenvalue weighted by Gasteiger charge is 2.36. The van der Waals surface area contributed by atoms with Crippen molar-refractivity contribution < 1.29 is 4.79 Å². The van der Waals surface area contributed by atoms with Crippen LogP contribution in [-0.2, 0) is 4.79 Å². The van der Waals surface area contributed by atoms with Gasteiger partial charge >= 0.3 is 0 Å². The van der Waals surface area contributed by atoms with Crippen LogP contribution in [0.4, 0.5) is 0 Å². The van der Waals surface area contributed by atoms with E-state index in [1.54, 1.807) is 0 Å². The van der Waals surface area contributed by atoms with Crippen LogP contribution in [0.15, 0.2) is 0 Å². The molecule has 0 aliphatic heterocycles. The lowest BCUT2D eigenvalue weighted by Gasteiger charge is -2.40. The normalized spacial score (nSPS) is 29.8. The van der Waals surface area contributed by atoms with E-state index in [4.69, 9.17) is 5.73 Å². The maximum Gasteiger partial charge on any atom is 0.225 e. The second kappa shape index (κ2) is 8.02. The van der Waals surface area contributed by atoms with Gasteiger partial charge in [0.25, 0.3) is 0 Å². The zero-order valence-electron chi connectivity index (χ0n) is 13.2. The van der Waals surface area contributed by atoms with Gasteiger partial charge in [0.15, 0.2) is 0 Å². The minimum atomic E-state index is 0.290. The second-order valence-electron chi connectivity index (χ2n) is 6.78. The van der Waals surface area contributed by atoms with Crippen molar-refractivity contribution >= 4 is 5.91 Å². The van der Waals surface area contributed by atoms with Gasteiger partial charge in [0.05, 0.1) is 0 Å². The lowest BCUT2D eigenvalue weighted by molar-refractivity contribution is -0.137. The van der Waals surface area contributed by atoms with Gasteiger partial charge in [-0.05, 0) is 37.5 Å². The van der Waals surface area contributed by atoms with Crippen LogP contribution in [0.3, 0.4) is 0 Å². The van der Waals surface area contributed by atoms with Gasteiger partial charge in [-0.25, -0.2) is 0 Å². The monoisotopic (exact) mass is 280 g/mol. The van der Waals surface area contributed by atoms with Gasteiger partial charge in [0, 0.05) is 25.6 Å². The van der Waals surface area contributed by atoms with E-state index in [1.165, 1.54) is 32.1 Å². The molecule has 2 rings (SSSR count). The fourth-order valence-corrected chi connectivity index (χ4v) is 4.19. The smallest absolute Gasteiger partial charge is 0.225 e. The highest BCUT2D eigenvalue weighted by molar-refractivity contribution is 5.79. The van der Waals surface area contributed by atoms with Crippen molar-refractivity contribution in [2.75, 3.05) is 19.6 Å². The molecule has 0 saturated heterocycles. The highest BCUT2D eigenvalue weighted by atomic mass is 16.2. The number of hydrogen-bond acceptors (Lipinski definition) is 2. The Bertz CT molecular complexity index is 305. The Kier molecular flexibility index (Phi) is 6.34. The summed E-state index contributed by atoms with van der Waals surface area (Å²) in [6.07, 6.45) is 11.4. The summed E-state index contributed by atoms with van der Waals surface area (Å²) in [7, 11) is 0. The molecule has 0 aromatic rings. The van der Waals surface area contributed by atoms with E-state index in [1.807, 2.05) is 4.90 Å². The molecule has 0 bridgehead atoms. The number of nitrogens with two attached hydrogens (primary N) is 1. The summed E-state index contributed by atoms with van der Waals surface area (Å²) in [5.74, 6) is 2.44. The average Bonchev–Trinajstić information content (AvgIpc) is 2.50. The topological polar surface area (TPSA) is 46.3 Å². The van der Waals surface area contributed by atoms with E-state index >= 15 is 0 Å². The maximum absolute atomic E-state index is 12.7. The van der Waals surface area contributed by atoms with Crippen molar-refractivity contribution in [1.29, 1.82) is 0 Å². The summed E-state index contributed by atoms with van der Waals surface area (Å²) in [5.41, 5.74) is 5.68. The first-order chi connectivity index (χ1) is 9.76. The Morgan fingerprint density at radius 3 is 2.55 bits per heavy atom. The molecule has 2 aliphatic rings. The Morgan fingerprint density at radius 1 is 1.10 bits per heavy atom. The van der Waals surface area contributed by atoms with Crippen molar-refractivity contribution in [3.8, 4) is 0 Å². The molecule has 2 N–H and O–H groups in total. The van der Waals surface area contributed by atoms with E-state index in [9.17, 15) is 4.79 Å². The van der Waals surface area contributed by atoms with Crippen molar-refractivity contribution in [1.82, 2.24) is 4.90 Å². The Balaban J connectivity index is 1.89. The molecule has 0 radical (unpaired) electrons. The van der Waals surface area contributed by atoms with E-state index in [-0.39, 0.29) is 5.92 Å². The first kappa shape index (κ1) is 15.8. The summed E-state index contributed by atoms with van der Waals surface area (Å²) in [6.45, 7) is 4.41. The summed E-state index contributed by atoms with van der Waals surface area (Å²) in [5, 5.41) is 0. The molecule has 0 aromatic heterocycles. The molecule has 3 atom stereocenters. The largest absolute Gasteiger partial charge is 0.341 e. The van der Waals surface area contributed by atoms with Gasteiger partial charge < -0.3 is 10.6 Å². The van der Waals surface area contributed by atoms with Crippen LogP contribution in [0.2, 0.25) is 0 Å². The summed E-state index contributed by atoms with van der Waals surface area (Å²) in [6, 6.07) is 0. The SMILES string of the molecule is CCCCN(CCN)C(=O)C1CCC2CCCCC2C1. The number of unbranched alkanes of at least 4 members (excludes halogenated alkanes) is 1. The van der Waals surface area contributed by atoms with Crippen LogP contribution in [0, 0.1) is 17.8 Å². The molecule has 20 heavy (non-hydrogen) atoms. The average molecular weight is 280 g/mol. The summed E-state index contributed by atoms with van der Waals surface area (Å²) >= 11 is 0. The first-order valence-electron chi connectivity index (χ1n) is 8.75. The molecule has 3 nitrogen and oxygen atoms in total. The molecule has 0 spiro atoms. The zero-order chi connectivity index (χ0) is 14.4. The van der Waals surface area contributed by atoms with Crippen LogP contribution in [0.5, 0.6) is 0 Å². The number of nitrogens with zero attached hydrogens (tertiary/aromatic N) is 1. The Hall–Kier alpha value is -0.570. The van der Waals surface area contributed by atoms with E-state index in [2.05, 4.69) is 6.92 Å². The molecule has 0 heterocycles. The van der Waals surface area contributed by atoms with Crippen LogP contribution in [-0.4, -0.2) is 30.4 Å². The highest BCUT2D eigenvalue weighted by Crippen LogP contribution is 2.43. The standard InChI is InChI=1S/C17H32N2O/c1-2-3-11-19(12-10-18)17(20)16-9-8-14-6-4-5-7-15(14)13-16/h14-16H,2-13,18H2,1H3. The number of rotatable bonds is 6. The van der Waals surface area contributed by atoms with Crippen LogP contribution in [0.25, 0.3) is 0 Å². The fourth-order valence-electron chi connectivity index (χ4n) is 4.19. The predicted molar refractivity (Wildman–Crippen MR) is 83.3 cm³/mol. The molecule has 2 fully saturated rings. The van der Waals surface area contributed by atoms with Gasteiger partial charge in [-0.2, -0.15) is 0 Å². The van der Waals surface area contributed by atoms with E-state index in [0.717, 1.165) is 50.6 Å². The van der Waals surface area contributed by atoms with Gasteiger partial charge in [0.1, 0.15) is 0 Å². The first-order valence-corrected chi connectivity index (χ1v) is 8.75. The zero-order valence-corrected chi connectivity index (χ0v) is 13.2. The van der Waals surface area contributed by atoms with E-state index in [0.29, 0.717) is 12.5 Å². The van der Waals surface area contributed by atoms with Gasteiger partial charge in [-0.3, -0.25) is 4.79 Å². The third-order valence-electron chi connectivity index (χ3n) is 5.38. The molecule has 1 amide bonds. The maximum atomic E-state index is 12.7. The van der Waals surface area contributed by atoms with Crippen molar-refractivity contribution in [3.05, 3.63) is 0 Å². The van der Waals surface area contributed by atoms with Crippen molar-refractivity contribution in [2.24, 2.45) is 23.5 Å². The molecule has 116 valence electrons. The van der Waals surface area contributed by atoms with Crippen LogP contribution < -0.4 is 5.73 Å². The number of amides is 1. The molecular formula is C17H32N2O. The lowest BCUT2D eigenvalue weighted by Crippen LogP contribution is -2.42. The number of fused-ring (bicyclic) bond motifs is 1. The molecule has 3 heteroatoms. The number of carbonyl (C=O) groups is 1. The minimum Gasteiger partial charge on any atom is -0.341 e. The molecule has 0 aromatic carbocycles. The van der Waals surface area contributed by atoms with E-state index < -0.39 is 0 Å². The van der Waals surface area contributed by atoms with Crippen LogP contribution >= 0.6 is 0 Å². The molecular weight excluding hydrogens is 248 g/mol. The Morgan fingerprint density at radius 2 is 1.85 bits per heavy atom. The molecule has 2 saturated carbocycles. The summed E-state index contributed by atoms with van der Waals surface area (Å²) in [4.78, 5) is 14.8. The molecule has 2 aliphatic carbocycles. The van der Waals surface area contributed by atoms with Gasteiger partial charge in [-0.1, -0.05) is 39.0 Å². The van der Waals surface area contributed by atoms with Gasteiger partial charge in [-0.15, -0.1) is 0 Å². The lowest BCUT2D eigenvalue weighted by atomic mass is 9.67. The Labute approximate surface area is 124 Å². The van der Waals surface area contributed by atoms with Crippen molar-refractivity contribution in [3.63, 3.8) is 0 Å². The van der Waals surface area contributed by atoms with Crippen LogP contribution in [0.1, 0.15) is 64.7 Å². The van der Waals surface area contributed by atoms with Crippen molar-refractivity contribution in [2.45, 2.75) is 64.7 Å². The van der Waals surface area contributed by atoms with Gasteiger partial charge in [0.2, 0.25) is 5.91 Å². The number of hydrogen-bond donors (Lipinski definition) is 1.